The van der Waals surface area contributed by atoms with Gasteiger partial charge < -0.3 is 10.6 Å². The minimum absolute atomic E-state index is 0.0236. The molecule has 2 aromatic carbocycles. The number of hydrogen-bond donors (Lipinski definition) is 3. The second-order valence-electron chi connectivity index (χ2n) is 7.40. The molecule has 13 heteroatoms. The highest BCUT2D eigenvalue weighted by atomic mass is 35.5. The first-order chi connectivity index (χ1) is 16.7. The molecule has 35 heavy (non-hydrogen) atoms. The average molecular weight is 530 g/mol. The molecular formula is C22H20ClN7O3S2. The minimum Gasteiger partial charge on any atom is -0.332 e. The van der Waals surface area contributed by atoms with Gasteiger partial charge in [-0.15, -0.1) is 10.2 Å². The van der Waals surface area contributed by atoms with E-state index in [0.717, 1.165) is 0 Å². The van der Waals surface area contributed by atoms with Gasteiger partial charge in [-0.1, -0.05) is 29.8 Å². The van der Waals surface area contributed by atoms with Gasteiger partial charge in [0.05, 0.1) is 16.3 Å². The zero-order valence-corrected chi connectivity index (χ0v) is 20.9. The molecule has 180 valence electrons. The number of rotatable bonds is 6. The molecule has 2 heterocycles. The molecule has 0 atom stereocenters. The van der Waals surface area contributed by atoms with Crippen LogP contribution in [-0.2, 0) is 17.1 Å². The largest absolute Gasteiger partial charge is 0.334 e. The van der Waals surface area contributed by atoms with Gasteiger partial charge in [0.1, 0.15) is 5.82 Å². The van der Waals surface area contributed by atoms with Crippen LogP contribution in [0, 0.1) is 6.92 Å². The van der Waals surface area contributed by atoms with Crippen molar-refractivity contribution in [3.05, 3.63) is 88.1 Å². The van der Waals surface area contributed by atoms with E-state index in [1.807, 2.05) is 37.3 Å². The van der Waals surface area contributed by atoms with Crippen LogP contribution in [0.15, 0.2) is 76.4 Å². The van der Waals surface area contributed by atoms with Gasteiger partial charge in [-0.05, 0) is 67.7 Å². The number of aromatic nitrogens is 4. The Morgan fingerprint density at radius 3 is 2.29 bits per heavy atom. The summed E-state index contributed by atoms with van der Waals surface area (Å²) in [4.78, 5) is 12.8. The summed E-state index contributed by atoms with van der Waals surface area (Å²) in [6.07, 6.45) is 0. The Morgan fingerprint density at radius 1 is 0.971 bits per heavy atom. The highest BCUT2D eigenvalue weighted by Gasteiger charge is 2.18. The van der Waals surface area contributed by atoms with Crippen molar-refractivity contribution in [3.8, 4) is 5.69 Å². The van der Waals surface area contributed by atoms with Gasteiger partial charge >= 0.3 is 5.69 Å². The Balaban J connectivity index is 1.50. The Morgan fingerprint density at radius 2 is 1.66 bits per heavy atom. The van der Waals surface area contributed by atoms with E-state index in [1.165, 1.54) is 33.4 Å². The number of para-hydroxylation sites is 1. The fourth-order valence-corrected chi connectivity index (χ4v) is 4.54. The smallest absolute Gasteiger partial charge is 0.332 e. The maximum atomic E-state index is 12.8. The Hall–Kier alpha value is -3.74. The van der Waals surface area contributed by atoms with E-state index in [4.69, 9.17) is 23.8 Å². The van der Waals surface area contributed by atoms with E-state index >= 15 is 0 Å². The Bertz CT molecular complexity index is 1530. The quantitative estimate of drug-likeness (QED) is 0.324. The van der Waals surface area contributed by atoms with Crippen LogP contribution in [0.25, 0.3) is 5.69 Å². The summed E-state index contributed by atoms with van der Waals surface area (Å²) in [6, 6.07) is 18.0. The Labute approximate surface area is 211 Å². The van der Waals surface area contributed by atoms with E-state index in [0.29, 0.717) is 22.9 Å². The van der Waals surface area contributed by atoms with Gasteiger partial charge in [0.25, 0.3) is 10.0 Å². The normalized spacial score (nSPS) is 11.2. The lowest BCUT2D eigenvalue weighted by Crippen LogP contribution is -2.25. The molecule has 0 radical (unpaired) electrons. The first-order valence-electron chi connectivity index (χ1n) is 10.2. The zero-order chi connectivity index (χ0) is 25.2. The zero-order valence-electron chi connectivity index (χ0n) is 18.6. The highest BCUT2D eigenvalue weighted by Crippen LogP contribution is 2.20. The molecule has 0 fully saturated rings. The van der Waals surface area contributed by atoms with E-state index in [9.17, 15) is 13.2 Å². The minimum atomic E-state index is -3.88. The molecular weight excluding hydrogens is 510 g/mol. The standard InChI is InChI=1S/C22H20ClN7O3S2/c1-14-20(30(22(31)29(14)2)16-6-4-3-5-7-16)25-21(34)24-15-8-10-17(11-9-15)35(32,33)28-19-13-12-18(23)26-27-19/h3-13H,1-2H3,(H,27,28)(H2,24,25,34). The van der Waals surface area contributed by atoms with Crippen LogP contribution < -0.4 is 21.0 Å². The van der Waals surface area contributed by atoms with Crippen LogP contribution in [0.2, 0.25) is 5.15 Å². The summed E-state index contributed by atoms with van der Waals surface area (Å²) in [5.74, 6) is 0.568. The molecule has 0 aliphatic heterocycles. The van der Waals surface area contributed by atoms with Gasteiger partial charge in [0.15, 0.2) is 16.1 Å². The molecule has 0 amide bonds. The molecule has 0 aliphatic carbocycles. The maximum absolute atomic E-state index is 12.8. The topological polar surface area (TPSA) is 123 Å². The lowest BCUT2D eigenvalue weighted by Gasteiger charge is -2.14. The lowest BCUT2D eigenvalue weighted by atomic mass is 10.3. The first kappa shape index (κ1) is 24.4. The van der Waals surface area contributed by atoms with Gasteiger partial charge in [-0.2, -0.15) is 0 Å². The lowest BCUT2D eigenvalue weighted by molar-refractivity contribution is 0.601. The van der Waals surface area contributed by atoms with Crippen LogP contribution in [0.3, 0.4) is 0 Å². The second kappa shape index (κ2) is 9.86. The number of nitrogens with one attached hydrogen (secondary N) is 3. The number of hydrogen-bond acceptors (Lipinski definition) is 6. The van der Waals surface area contributed by atoms with Crippen molar-refractivity contribution in [1.29, 1.82) is 0 Å². The molecule has 0 unspecified atom stereocenters. The number of imidazole rings is 1. The number of anilines is 3. The van der Waals surface area contributed by atoms with Gasteiger partial charge in [-0.25, -0.2) is 17.8 Å². The van der Waals surface area contributed by atoms with Gasteiger partial charge in [-0.3, -0.25) is 9.29 Å². The van der Waals surface area contributed by atoms with Crippen molar-refractivity contribution in [2.24, 2.45) is 7.05 Å². The van der Waals surface area contributed by atoms with Crippen molar-refractivity contribution in [2.45, 2.75) is 11.8 Å². The van der Waals surface area contributed by atoms with Crippen LogP contribution in [0.5, 0.6) is 0 Å². The molecule has 0 saturated heterocycles. The van der Waals surface area contributed by atoms with E-state index in [-0.39, 0.29) is 26.7 Å². The van der Waals surface area contributed by atoms with Crippen LogP contribution in [-0.4, -0.2) is 32.9 Å². The first-order valence-corrected chi connectivity index (χ1v) is 12.5. The van der Waals surface area contributed by atoms with Crippen LogP contribution in [0.4, 0.5) is 17.3 Å². The summed E-state index contributed by atoms with van der Waals surface area (Å²) >= 11 is 11.1. The monoisotopic (exact) mass is 529 g/mol. The molecule has 0 spiro atoms. The van der Waals surface area contributed by atoms with Gasteiger partial charge in [0, 0.05) is 12.7 Å². The third kappa shape index (κ3) is 5.34. The summed E-state index contributed by atoms with van der Waals surface area (Å²) in [7, 11) is -2.19. The van der Waals surface area contributed by atoms with E-state index in [1.54, 1.807) is 19.2 Å². The third-order valence-corrected chi connectivity index (χ3v) is 6.86. The molecule has 10 nitrogen and oxygen atoms in total. The molecule has 0 aliphatic rings. The van der Waals surface area contributed by atoms with Crippen molar-refractivity contribution >= 4 is 56.3 Å². The molecule has 4 aromatic rings. The number of sulfonamides is 1. The molecule has 2 aromatic heterocycles. The van der Waals surface area contributed by atoms with Crippen LogP contribution in [0.1, 0.15) is 5.69 Å². The summed E-state index contributed by atoms with van der Waals surface area (Å²) in [5, 5.41) is 13.8. The summed E-state index contributed by atoms with van der Waals surface area (Å²) in [6.45, 7) is 1.81. The Kier molecular flexibility index (Phi) is 6.87. The van der Waals surface area contributed by atoms with Crippen molar-refractivity contribution < 1.29 is 8.42 Å². The van der Waals surface area contributed by atoms with E-state index < -0.39 is 10.0 Å². The number of nitrogens with zero attached hydrogens (tertiary/aromatic N) is 4. The number of halogens is 1. The van der Waals surface area contributed by atoms with Crippen molar-refractivity contribution in [3.63, 3.8) is 0 Å². The van der Waals surface area contributed by atoms with Crippen molar-refractivity contribution in [2.75, 3.05) is 15.4 Å². The highest BCUT2D eigenvalue weighted by molar-refractivity contribution is 7.92. The molecule has 0 bridgehead atoms. The predicted octanol–water partition coefficient (Wildman–Crippen LogP) is 3.54. The summed E-state index contributed by atoms with van der Waals surface area (Å²) < 4.78 is 30.6. The van der Waals surface area contributed by atoms with Crippen molar-refractivity contribution in [1.82, 2.24) is 19.3 Å². The summed E-state index contributed by atoms with van der Waals surface area (Å²) in [5.41, 5.74) is 1.72. The SMILES string of the molecule is Cc1c(NC(=S)Nc2ccc(S(=O)(=O)Nc3ccc(Cl)nn3)cc2)n(-c2ccccc2)c(=O)n1C. The second-order valence-corrected chi connectivity index (χ2v) is 9.87. The predicted molar refractivity (Wildman–Crippen MR) is 140 cm³/mol. The average Bonchev–Trinajstić information content (AvgIpc) is 3.04. The van der Waals surface area contributed by atoms with Gasteiger partial charge in [0.2, 0.25) is 0 Å². The molecule has 0 saturated carbocycles. The number of benzene rings is 2. The molecule has 3 N–H and O–H groups in total. The third-order valence-electron chi connectivity index (χ3n) is 5.09. The molecule has 4 rings (SSSR count). The number of thiocarbonyl (C=S) groups is 1. The maximum Gasteiger partial charge on any atom is 0.334 e. The van der Waals surface area contributed by atoms with Crippen LogP contribution >= 0.6 is 23.8 Å². The fourth-order valence-electron chi connectivity index (χ4n) is 3.23. The van der Waals surface area contributed by atoms with E-state index in [2.05, 4.69) is 25.6 Å². The fraction of sp³-hybridized carbons (Fsp3) is 0.0909.